The zero-order chi connectivity index (χ0) is 21.0. The highest BCUT2D eigenvalue weighted by molar-refractivity contribution is 5.87. The summed E-state index contributed by atoms with van der Waals surface area (Å²) in [6.45, 7) is 3.99. The Hall–Kier alpha value is -2.93. The van der Waals surface area contributed by atoms with Gasteiger partial charge in [-0.05, 0) is 56.3 Å². The second kappa shape index (κ2) is 9.06. The normalized spacial score (nSPS) is 19.7. The number of aromatic amines is 1. The van der Waals surface area contributed by atoms with Crippen LogP contribution in [0.15, 0.2) is 42.5 Å². The average Bonchev–Trinajstić information content (AvgIpc) is 3.45. The molecular weight excluding hydrogens is 388 g/mol. The number of anilines is 1. The summed E-state index contributed by atoms with van der Waals surface area (Å²) in [4.78, 5) is 22.0. The molecule has 2 N–H and O–H groups in total. The molecule has 1 atom stereocenters. The van der Waals surface area contributed by atoms with Crippen LogP contribution in [-0.2, 0) is 11.3 Å². The molecule has 31 heavy (non-hydrogen) atoms. The Morgan fingerprint density at radius 2 is 1.87 bits per heavy atom. The number of benzene rings is 1. The number of nitrogens with zero attached hydrogens (tertiary/aromatic N) is 4. The molecule has 2 aliphatic heterocycles. The van der Waals surface area contributed by atoms with Gasteiger partial charge in [0.05, 0.1) is 23.7 Å². The van der Waals surface area contributed by atoms with Gasteiger partial charge in [-0.3, -0.25) is 14.8 Å². The van der Waals surface area contributed by atoms with Gasteiger partial charge < -0.3 is 10.2 Å². The van der Waals surface area contributed by atoms with Crippen molar-refractivity contribution in [2.24, 2.45) is 0 Å². The summed E-state index contributed by atoms with van der Waals surface area (Å²) in [5.74, 6) is 1.09. The molecule has 2 fully saturated rings. The van der Waals surface area contributed by atoms with E-state index in [9.17, 15) is 4.79 Å². The molecule has 5 rings (SSSR count). The second-order valence-corrected chi connectivity index (χ2v) is 8.61. The number of hydrogen-bond donors (Lipinski definition) is 2. The van der Waals surface area contributed by atoms with Crippen LogP contribution in [-0.4, -0.2) is 57.1 Å². The number of carbonyl (C=O) groups excluding carboxylic acids is 1. The number of hydrogen-bond acceptors (Lipinski definition) is 5. The Morgan fingerprint density at radius 1 is 1.03 bits per heavy atom. The maximum atomic E-state index is 12.8. The number of pyridine rings is 1. The summed E-state index contributed by atoms with van der Waals surface area (Å²) in [7, 11) is 0. The molecule has 162 valence electrons. The molecule has 0 unspecified atom stereocenters. The third-order valence-electron chi connectivity index (χ3n) is 6.50. The third kappa shape index (κ3) is 4.42. The van der Waals surface area contributed by atoms with Gasteiger partial charge in [-0.15, -0.1) is 0 Å². The number of likely N-dealkylation sites (tertiary alicyclic amines) is 2. The minimum Gasteiger partial charge on any atom is -0.364 e. The van der Waals surface area contributed by atoms with E-state index in [1.165, 1.54) is 12.0 Å². The summed E-state index contributed by atoms with van der Waals surface area (Å²) in [5.41, 5.74) is 3.03. The van der Waals surface area contributed by atoms with Gasteiger partial charge in [-0.2, -0.15) is 5.10 Å². The van der Waals surface area contributed by atoms with Crippen LogP contribution in [0.5, 0.6) is 0 Å². The summed E-state index contributed by atoms with van der Waals surface area (Å²) < 4.78 is 0. The predicted molar refractivity (Wildman–Crippen MR) is 122 cm³/mol. The highest BCUT2D eigenvalue weighted by Crippen LogP contribution is 2.32. The first kappa shape index (κ1) is 20.0. The summed E-state index contributed by atoms with van der Waals surface area (Å²) in [5, 5.41) is 11.9. The maximum absolute atomic E-state index is 12.8. The van der Waals surface area contributed by atoms with Gasteiger partial charge in [0, 0.05) is 19.6 Å². The Bertz CT molecular complexity index is 1030. The van der Waals surface area contributed by atoms with Crippen LogP contribution in [0, 0.1) is 0 Å². The van der Waals surface area contributed by atoms with Crippen LogP contribution in [0.3, 0.4) is 0 Å². The molecule has 0 bridgehead atoms. The molecule has 3 aromatic rings. The van der Waals surface area contributed by atoms with Crippen molar-refractivity contribution in [2.75, 3.05) is 31.5 Å². The molecule has 0 radical (unpaired) electrons. The van der Waals surface area contributed by atoms with Gasteiger partial charge in [0.2, 0.25) is 5.91 Å². The number of carbonyl (C=O) groups is 1. The van der Waals surface area contributed by atoms with E-state index in [0.717, 1.165) is 74.4 Å². The van der Waals surface area contributed by atoms with E-state index in [2.05, 4.69) is 44.7 Å². The largest absolute Gasteiger partial charge is 0.364 e. The van der Waals surface area contributed by atoms with Crippen LogP contribution in [0.4, 0.5) is 5.82 Å². The van der Waals surface area contributed by atoms with E-state index in [1.54, 1.807) is 0 Å². The minimum absolute atomic E-state index is 0.196. The Kier molecular flexibility index (Phi) is 5.84. The summed E-state index contributed by atoms with van der Waals surface area (Å²) >= 11 is 0. The maximum Gasteiger partial charge on any atom is 0.236 e. The number of H-pyrrole nitrogens is 1. The average molecular weight is 419 g/mol. The zero-order valence-corrected chi connectivity index (χ0v) is 17.9. The number of fused-ring (bicyclic) bond motifs is 1. The lowest BCUT2D eigenvalue weighted by Gasteiger charge is -2.30. The van der Waals surface area contributed by atoms with Gasteiger partial charge in [-0.25, -0.2) is 4.98 Å². The van der Waals surface area contributed by atoms with Crippen molar-refractivity contribution in [3.63, 3.8) is 0 Å². The molecule has 1 amide bonds. The first-order valence-corrected chi connectivity index (χ1v) is 11.4. The molecule has 0 spiro atoms. The molecule has 7 heteroatoms. The van der Waals surface area contributed by atoms with E-state index in [-0.39, 0.29) is 11.9 Å². The van der Waals surface area contributed by atoms with Crippen molar-refractivity contribution < 1.29 is 4.79 Å². The fraction of sp³-hybridized carbons (Fsp3) is 0.458. The zero-order valence-electron chi connectivity index (χ0n) is 17.9. The monoisotopic (exact) mass is 418 g/mol. The molecule has 2 aromatic heterocycles. The highest BCUT2D eigenvalue weighted by Gasteiger charge is 2.30. The van der Waals surface area contributed by atoms with E-state index >= 15 is 0 Å². The van der Waals surface area contributed by atoms with Gasteiger partial charge >= 0.3 is 0 Å². The fourth-order valence-corrected chi connectivity index (χ4v) is 4.79. The first-order valence-electron chi connectivity index (χ1n) is 11.4. The molecule has 2 aliphatic rings. The fourth-order valence-electron chi connectivity index (χ4n) is 4.79. The van der Waals surface area contributed by atoms with Crippen LogP contribution in [0.25, 0.3) is 11.0 Å². The lowest BCUT2D eigenvalue weighted by Crippen LogP contribution is -2.42. The molecule has 1 aromatic carbocycles. The first-order chi connectivity index (χ1) is 15.3. The predicted octanol–water partition coefficient (Wildman–Crippen LogP) is 3.72. The molecule has 7 nitrogen and oxygen atoms in total. The smallest absolute Gasteiger partial charge is 0.236 e. The third-order valence-corrected chi connectivity index (χ3v) is 6.50. The highest BCUT2D eigenvalue weighted by atomic mass is 16.2. The van der Waals surface area contributed by atoms with Crippen molar-refractivity contribution in [1.82, 2.24) is 25.0 Å². The SMILES string of the molecule is O=C(CN1CCC[C@H]1c1ccc2c(NCc3ccccc3)n[nH]c2n1)N1CCCCC1. The lowest BCUT2D eigenvalue weighted by molar-refractivity contribution is -0.133. The van der Waals surface area contributed by atoms with E-state index in [4.69, 9.17) is 4.98 Å². The minimum atomic E-state index is 0.196. The Morgan fingerprint density at radius 3 is 2.71 bits per heavy atom. The van der Waals surface area contributed by atoms with Gasteiger partial charge in [0.25, 0.3) is 0 Å². The van der Waals surface area contributed by atoms with Crippen molar-refractivity contribution in [3.05, 3.63) is 53.7 Å². The van der Waals surface area contributed by atoms with Crippen molar-refractivity contribution in [2.45, 2.75) is 44.7 Å². The van der Waals surface area contributed by atoms with Crippen molar-refractivity contribution >= 4 is 22.8 Å². The molecule has 2 saturated heterocycles. The molecular formula is C24H30N6O. The van der Waals surface area contributed by atoms with E-state index in [0.29, 0.717) is 6.54 Å². The van der Waals surface area contributed by atoms with Crippen LogP contribution < -0.4 is 5.32 Å². The van der Waals surface area contributed by atoms with Gasteiger partial charge in [0.1, 0.15) is 0 Å². The summed E-state index contributed by atoms with van der Waals surface area (Å²) in [6, 6.07) is 14.7. The molecule has 4 heterocycles. The number of nitrogens with one attached hydrogen (secondary N) is 2. The number of piperidine rings is 1. The quantitative estimate of drug-likeness (QED) is 0.638. The van der Waals surface area contributed by atoms with Crippen molar-refractivity contribution in [3.8, 4) is 0 Å². The number of aromatic nitrogens is 3. The van der Waals surface area contributed by atoms with Gasteiger partial charge in [0.15, 0.2) is 11.5 Å². The number of rotatable bonds is 6. The van der Waals surface area contributed by atoms with E-state index in [1.807, 2.05) is 23.1 Å². The summed E-state index contributed by atoms with van der Waals surface area (Å²) in [6.07, 6.45) is 5.65. The Balaban J connectivity index is 1.27. The lowest BCUT2D eigenvalue weighted by atomic mass is 10.1. The molecule has 0 aliphatic carbocycles. The van der Waals surface area contributed by atoms with E-state index < -0.39 is 0 Å². The van der Waals surface area contributed by atoms with Gasteiger partial charge in [-0.1, -0.05) is 30.3 Å². The second-order valence-electron chi connectivity index (χ2n) is 8.61. The van der Waals surface area contributed by atoms with Crippen LogP contribution >= 0.6 is 0 Å². The molecule has 0 saturated carbocycles. The standard InChI is InChI=1S/C24H30N6O/c31-22(29-13-5-2-6-14-29)17-30-15-7-10-21(30)20-12-11-19-23(27-28-24(19)26-20)25-16-18-8-3-1-4-9-18/h1,3-4,8-9,11-12,21H,2,5-7,10,13-17H2,(H2,25,26,27,28)/t21-/m0/s1. The van der Waals surface area contributed by atoms with Crippen molar-refractivity contribution in [1.29, 1.82) is 0 Å². The topological polar surface area (TPSA) is 77.1 Å². The van der Waals surface area contributed by atoms with Crippen LogP contribution in [0.1, 0.15) is 49.4 Å². The van der Waals surface area contributed by atoms with Crippen LogP contribution in [0.2, 0.25) is 0 Å². The Labute approximate surface area is 182 Å². The number of amides is 1.